The fraction of sp³-hybridized carbons (Fsp3) is 0.474. The average molecular weight is 338 g/mol. The highest BCUT2D eigenvalue weighted by Crippen LogP contribution is 2.29. The van der Waals surface area contributed by atoms with Crippen molar-refractivity contribution >= 4 is 22.8 Å². The molecule has 1 fully saturated rings. The van der Waals surface area contributed by atoms with Crippen LogP contribution in [0.15, 0.2) is 24.3 Å². The number of nitrogens with zero attached hydrogens (tertiary/aromatic N) is 4. The van der Waals surface area contributed by atoms with E-state index in [0.29, 0.717) is 17.0 Å². The van der Waals surface area contributed by atoms with Crippen LogP contribution in [-0.2, 0) is 9.53 Å². The minimum absolute atomic E-state index is 0.282. The van der Waals surface area contributed by atoms with Gasteiger partial charge >= 0.3 is 5.97 Å². The zero-order valence-electron chi connectivity index (χ0n) is 14.6. The first-order chi connectivity index (χ1) is 12.1. The van der Waals surface area contributed by atoms with Gasteiger partial charge in [0.1, 0.15) is 5.69 Å². The van der Waals surface area contributed by atoms with E-state index in [1.54, 1.807) is 13.8 Å². The molecule has 2 aromatic rings. The molecule has 130 valence electrons. The Bertz CT molecular complexity index is 807. The van der Waals surface area contributed by atoms with Crippen molar-refractivity contribution in [2.75, 3.05) is 18.0 Å². The SMILES string of the molecule is CC(C)OC(=O)C(C#N)c1nc2ccccc2nc1N1CCCCC1. The lowest BCUT2D eigenvalue weighted by Crippen LogP contribution is -2.32. The highest BCUT2D eigenvalue weighted by atomic mass is 16.5. The fourth-order valence-electron chi connectivity index (χ4n) is 3.06. The van der Waals surface area contributed by atoms with Gasteiger partial charge in [-0.05, 0) is 45.2 Å². The predicted molar refractivity (Wildman–Crippen MR) is 95.2 cm³/mol. The summed E-state index contributed by atoms with van der Waals surface area (Å²) in [7, 11) is 0. The second kappa shape index (κ2) is 7.47. The minimum Gasteiger partial charge on any atom is -0.462 e. The van der Waals surface area contributed by atoms with Gasteiger partial charge in [0.2, 0.25) is 0 Å². The summed E-state index contributed by atoms with van der Waals surface area (Å²) in [6, 6.07) is 9.58. The Hall–Kier alpha value is -2.68. The topological polar surface area (TPSA) is 79.1 Å². The molecule has 0 aliphatic carbocycles. The molecule has 3 rings (SSSR count). The minimum atomic E-state index is -1.07. The maximum Gasteiger partial charge on any atom is 0.329 e. The van der Waals surface area contributed by atoms with Crippen LogP contribution in [0, 0.1) is 11.3 Å². The molecule has 6 nitrogen and oxygen atoms in total. The molecular weight excluding hydrogens is 316 g/mol. The number of hydrogen-bond donors (Lipinski definition) is 0. The summed E-state index contributed by atoms with van der Waals surface area (Å²) < 4.78 is 5.26. The molecule has 1 aliphatic heterocycles. The Morgan fingerprint density at radius 2 is 1.80 bits per heavy atom. The second-order valence-corrected chi connectivity index (χ2v) is 6.52. The number of fused-ring (bicyclic) bond motifs is 1. The van der Waals surface area contributed by atoms with Gasteiger partial charge in [-0.15, -0.1) is 0 Å². The number of hydrogen-bond acceptors (Lipinski definition) is 6. The number of carbonyl (C=O) groups excluding carboxylic acids is 1. The molecule has 6 heteroatoms. The summed E-state index contributed by atoms with van der Waals surface area (Å²) in [6.07, 6.45) is 3.04. The smallest absolute Gasteiger partial charge is 0.329 e. The molecule has 1 aromatic heterocycles. The zero-order valence-corrected chi connectivity index (χ0v) is 14.6. The summed E-state index contributed by atoms with van der Waals surface area (Å²) in [5.41, 5.74) is 1.84. The molecule has 1 atom stereocenters. The largest absolute Gasteiger partial charge is 0.462 e. The van der Waals surface area contributed by atoms with Crippen molar-refractivity contribution in [3.63, 3.8) is 0 Å². The van der Waals surface area contributed by atoms with Crippen LogP contribution in [0.2, 0.25) is 0 Å². The van der Waals surface area contributed by atoms with Crippen molar-refractivity contribution in [2.24, 2.45) is 0 Å². The van der Waals surface area contributed by atoms with E-state index in [-0.39, 0.29) is 6.10 Å². The monoisotopic (exact) mass is 338 g/mol. The number of ether oxygens (including phenoxy) is 1. The Labute approximate surface area is 147 Å². The van der Waals surface area contributed by atoms with Crippen molar-refractivity contribution in [3.05, 3.63) is 30.0 Å². The third-order valence-corrected chi connectivity index (χ3v) is 4.22. The lowest BCUT2D eigenvalue weighted by molar-refractivity contribution is -0.147. The Balaban J connectivity index is 2.09. The van der Waals surface area contributed by atoms with Crippen LogP contribution in [0.3, 0.4) is 0 Å². The average Bonchev–Trinajstić information content (AvgIpc) is 2.62. The van der Waals surface area contributed by atoms with Gasteiger partial charge in [-0.25, -0.2) is 9.97 Å². The van der Waals surface area contributed by atoms with Gasteiger partial charge in [0.05, 0.1) is 23.2 Å². The van der Waals surface area contributed by atoms with Gasteiger partial charge < -0.3 is 9.64 Å². The van der Waals surface area contributed by atoms with Crippen LogP contribution in [0.25, 0.3) is 11.0 Å². The van der Waals surface area contributed by atoms with Crippen LogP contribution in [0.4, 0.5) is 5.82 Å². The van der Waals surface area contributed by atoms with Crippen molar-refractivity contribution in [3.8, 4) is 6.07 Å². The summed E-state index contributed by atoms with van der Waals surface area (Å²) in [4.78, 5) is 23.9. The van der Waals surface area contributed by atoms with Gasteiger partial charge in [0.15, 0.2) is 11.7 Å². The van der Waals surface area contributed by atoms with Crippen molar-refractivity contribution in [2.45, 2.75) is 45.1 Å². The van der Waals surface area contributed by atoms with E-state index < -0.39 is 11.9 Å². The number of benzene rings is 1. The van der Waals surface area contributed by atoms with E-state index in [1.807, 2.05) is 24.3 Å². The number of piperidine rings is 1. The quantitative estimate of drug-likeness (QED) is 0.797. The second-order valence-electron chi connectivity index (χ2n) is 6.52. The van der Waals surface area contributed by atoms with Crippen LogP contribution in [0.5, 0.6) is 0 Å². The molecule has 2 heterocycles. The van der Waals surface area contributed by atoms with E-state index in [2.05, 4.69) is 16.0 Å². The van der Waals surface area contributed by atoms with Crippen molar-refractivity contribution in [1.82, 2.24) is 9.97 Å². The molecular formula is C19H22N4O2. The highest BCUT2D eigenvalue weighted by Gasteiger charge is 2.30. The van der Waals surface area contributed by atoms with Crippen molar-refractivity contribution in [1.29, 1.82) is 5.26 Å². The maximum atomic E-state index is 12.4. The number of para-hydroxylation sites is 2. The van der Waals surface area contributed by atoms with Crippen LogP contribution in [0.1, 0.15) is 44.7 Å². The third-order valence-electron chi connectivity index (χ3n) is 4.22. The van der Waals surface area contributed by atoms with Gasteiger partial charge in [-0.3, -0.25) is 4.79 Å². The van der Waals surface area contributed by atoms with E-state index in [9.17, 15) is 10.1 Å². The molecule has 1 unspecified atom stereocenters. The molecule has 0 bridgehead atoms. The van der Waals surface area contributed by atoms with Gasteiger partial charge in [0, 0.05) is 13.1 Å². The molecule has 0 spiro atoms. The number of anilines is 1. The summed E-state index contributed by atoms with van der Waals surface area (Å²) in [6.45, 7) is 5.25. The summed E-state index contributed by atoms with van der Waals surface area (Å²) in [5, 5.41) is 9.62. The Morgan fingerprint density at radius 1 is 1.16 bits per heavy atom. The zero-order chi connectivity index (χ0) is 17.8. The first kappa shape index (κ1) is 17.2. The fourth-order valence-corrected chi connectivity index (χ4v) is 3.06. The predicted octanol–water partition coefficient (Wildman–Crippen LogP) is 3.18. The molecule has 1 aliphatic rings. The van der Waals surface area contributed by atoms with Crippen LogP contribution < -0.4 is 4.90 Å². The molecule has 0 N–H and O–H groups in total. The highest BCUT2D eigenvalue weighted by molar-refractivity contribution is 5.85. The first-order valence-corrected chi connectivity index (χ1v) is 8.72. The normalized spacial score (nSPS) is 15.8. The van der Waals surface area contributed by atoms with Gasteiger partial charge in [0.25, 0.3) is 0 Å². The number of esters is 1. The maximum absolute atomic E-state index is 12.4. The lowest BCUT2D eigenvalue weighted by atomic mass is 10.0. The molecule has 1 saturated heterocycles. The molecule has 0 radical (unpaired) electrons. The van der Waals surface area contributed by atoms with Gasteiger partial charge in [-0.2, -0.15) is 5.26 Å². The lowest BCUT2D eigenvalue weighted by Gasteiger charge is -2.29. The van der Waals surface area contributed by atoms with Crippen LogP contribution in [-0.4, -0.2) is 35.1 Å². The Morgan fingerprint density at radius 3 is 2.40 bits per heavy atom. The molecule has 0 saturated carbocycles. The van der Waals surface area contributed by atoms with E-state index in [0.717, 1.165) is 31.4 Å². The van der Waals surface area contributed by atoms with E-state index in [4.69, 9.17) is 9.72 Å². The molecule has 25 heavy (non-hydrogen) atoms. The standard InChI is InChI=1S/C19H22N4O2/c1-13(2)25-19(24)14(12-20)17-18(23-10-6-3-7-11-23)22-16-9-5-4-8-15(16)21-17/h4-5,8-9,13-14H,3,6-7,10-11H2,1-2H3. The van der Waals surface area contributed by atoms with Crippen molar-refractivity contribution < 1.29 is 9.53 Å². The summed E-state index contributed by atoms with van der Waals surface area (Å²) in [5.74, 6) is -1.01. The summed E-state index contributed by atoms with van der Waals surface area (Å²) >= 11 is 0. The number of nitriles is 1. The molecule has 1 aromatic carbocycles. The Kier molecular flexibility index (Phi) is 5.13. The molecule has 0 amide bonds. The van der Waals surface area contributed by atoms with Gasteiger partial charge in [-0.1, -0.05) is 12.1 Å². The van der Waals surface area contributed by atoms with E-state index in [1.165, 1.54) is 6.42 Å². The number of aromatic nitrogens is 2. The number of carbonyl (C=O) groups is 1. The van der Waals surface area contributed by atoms with E-state index >= 15 is 0 Å². The first-order valence-electron chi connectivity index (χ1n) is 8.72. The van der Waals surface area contributed by atoms with Crippen LogP contribution >= 0.6 is 0 Å². The number of rotatable bonds is 4. The third kappa shape index (κ3) is 3.71.